The van der Waals surface area contributed by atoms with Crippen LogP contribution in [-0.2, 0) is 9.59 Å². The molecule has 132 valence electrons. The van der Waals surface area contributed by atoms with E-state index in [0.29, 0.717) is 11.1 Å². The van der Waals surface area contributed by atoms with E-state index in [2.05, 4.69) is 0 Å². The van der Waals surface area contributed by atoms with Gasteiger partial charge in [0.25, 0.3) is 11.2 Å². The van der Waals surface area contributed by atoms with Gasteiger partial charge in [-0.25, -0.2) is 9.59 Å². The lowest BCUT2D eigenvalue weighted by Crippen LogP contribution is -2.71. The van der Waals surface area contributed by atoms with Gasteiger partial charge in [-0.1, -0.05) is 48.5 Å². The molecule has 0 saturated heterocycles. The maximum atomic E-state index is 12.6. The van der Waals surface area contributed by atoms with Crippen LogP contribution in [0.25, 0.3) is 11.1 Å². The Morgan fingerprint density at radius 3 is 1.04 bits per heavy atom. The lowest BCUT2D eigenvalue weighted by molar-refractivity contribution is -0.187. The van der Waals surface area contributed by atoms with Gasteiger partial charge in [-0.2, -0.15) is 0 Å². The minimum atomic E-state index is -3.94. The van der Waals surface area contributed by atoms with Crippen molar-refractivity contribution in [3.8, 4) is 11.1 Å². The number of Topliss-reactive ketones (excluding diaryl/α,β-unsaturated/α-hetero) is 2. The van der Waals surface area contributed by atoms with E-state index in [1.807, 2.05) is 0 Å². The molecular formula is C18H12O8. The fourth-order valence-electron chi connectivity index (χ4n) is 2.88. The fourth-order valence-corrected chi connectivity index (χ4v) is 2.88. The highest BCUT2D eigenvalue weighted by Gasteiger charge is 2.69. The van der Waals surface area contributed by atoms with Crippen LogP contribution in [-0.4, -0.2) is 55.1 Å². The number of aliphatic hydroxyl groups is 2. The van der Waals surface area contributed by atoms with Crippen LogP contribution >= 0.6 is 0 Å². The van der Waals surface area contributed by atoms with E-state index < -0.39 is 34.7 Å². The Bertz CT molecular complexity index is 865. The SMILES string of the molecule is O=C(O)C1(O)C(=O)c2ccc(cc2)-c2ccc(cc2)C(=O)C1(O)C(=O)O. The maximum absolute atomic E-state index is 12.6. The highest BCUT2D eigenvalue weighted by atomic mass is 16.5. The van der Waals surface area contributed by atoms with Crippen molar-refractivity contribution >= 4 is 23.5 Å². The number of rotatable bonds is 2. The van der Waals surface area contributed by atoms with Gasteiger partial charge < -0.3 is 20.4 Å². The minimum Gasteiger partial charge on any atom is -0.479 e. The Labute approximate surface area is 145 Å². The molecule has 0 saturated carbocycles. The van der Waals surface area contributed by atoms with Gasteiger partial charge in [-0.05, 0) is 11.1 Å². The molecule has 2 atom stereocenters. The molecule has 2 aromatic rings. The van der Waals surface area contributed by atoms with Crippen LogP contribution in [0, 0.1) is 0 Å². The van der Waals surface area contributed by atoms with E-state index in [4.69, 9.17) is 0 Å². The molecule has 2 unspecified atom stereocenters. The molecule has 0 spiro atoms. The molecule has 0 aliphatic heterocycles. The van der Waals surface area contributed by atoms with E-state index in [-0.39, 0.29) is 11.1 Å². The first-order valence-electron chi connectivity index (χ1n) is 7.35. The van der Waals surface area contributed by atoms with Crippen LogP contribution in [0.15, 0.2) is 48.5 Å². The van der Waals surface area contributed by atoms with Crippen molar-refractivity contribution in [2.24, 2.45) is 0 Å². The van der Waals surface area contributed by atoms with E-state index >= 15 is 0 Å². The van der Waals surface area contributed by atoms with Gasteiger partial charge in [0.2, 0.25) is 11.6 Å². The minimum absolute atomic E-state index is 0.374. The molecule has 0 aromatic heterocycles. The average Bonchev–Trinajstić information content (AvgIpc) is 2.64. The molecule has 8 nitrogen and oxygen atoms in total. The van der Waals surface area contributed by atoms with E-state index in [9.17, 15) is 39.6 Å². The fraction of sp³-hybridized carbons (Fsp3) is 0.111. The molecule has 0 heterocycles. The van der Waals surface area contributed by atoms with Gasteiger partial charge in [-0.3, -0.25) is 9.59 Å². The van der Waals surface area contributed by atoms with Gasteiger partial charge in [0, 0.05) is 11.1 Å². The maximum Gasteiger partial charge on any atom is 0.348 e. The number of ketones is 2. The average molecular weight is 356 g/mol. The number of aliphatic carboxylic acids is 2. The van der Waals surface area contributed by atoms with Gasteiger partial charge in [-0.15, -0.1) is 0 Å². The zero-order chi connectivity index (χ0) is 19.3. The summed E-state index contributed by atoms with van der Waals surface area (Å²) in [5.74, 6) is -7.97. The van der Waals surface area contributed by atoms with Crippen LogP contribution < -0.4 is 0 Å². The number of hydrogen-bond acceptors (Lipinski definition) is 6. The predicted octanol–water partition coefficient (Wildman–Crippen LogP) is 0.364. The third-order valence-electron chi connectivity index (χ3n) is 4.43. The number of benzene rings is 2. The number of carboxylic acids is 2. The third-order valence-corrected chi connectivity index (χ3v) is 4.43. The predicted molar refractivity (Wildman–Crippen MR) is 85.7 cm³/mol. The smallest absolute Gasteiger partial charge is 0.348 e. The largest absolute Gasteiger partial charge is 0.479 e. The van der Waals surface area contributed by atoms with Crippen molar-refractivity contribution in [3.05, 3.63) is 59.7 Å². The summed E-state index contributed by atoms with van der Waals surface area (Å²) in [5, 5.41) is 39.9. The summed E-state index contributed by atoms with van der Waals surface area (Å²) in [7, 11) is 0. The van der Waals surface area contributed by atoms with Crippen LogP contribution in [0.2, 0.25) is 0 Å². The van der Waals surface area contributed by atoms with Crippen LogP contribution in [0.3, 0.4) is 0 Å². The van der Waals surface area contributed by atoms with Crippen molar-refractivity contribution in [2.75, 3.05) is 0 Å². The summed E-state index contributed by atoms with van der Waals surface area (Å²) in [4.78, 5) is 48.7. The molecule has 4 bridgehead atoms. The van der Waals surface area contributed by atoms with E-state index in [0.717, 1.165) is 0 Å². The second-order valence-electron chi connectivity index (χ2n) is 5.84. The van der Waals surface area contributed by atoms with E-state index in [1.54, 1.807) is 0 Å². The summed E-state index contributed by atoms with van der Waals surface area (Å²) < 4.78 is 0. The monoisotopic (exact) mass is 356 g/mol. The summed E-state index contributed by atoms with van der Waals surface area (Å²) >= 11 is 0. The first kappa shape index (κ1) is 17.5. The van der Waals surface area contributed by atoms with Gasteiger partial charge in [0.05, 0.1) is 0 Å². The summed E-state index contributed by atoms with van der Waals surface area (Å²) in [6.45, 7) is 0. The molecule has 6 rings (SSSR count). The second-order valence-corrected chi connectivity index (χ2v) is 5.84. The molecule has 0 fully saturated rings. The molecule has 8 heteroatoms. The first-order valence-corrected chi connectivity index (χ1v) is 7.35. The van der Waals surface area contributed by atoms with Gasteiger partial charge in [0.15, 0.2) is 0 Å². The zero-order valence-electron chi connectivity index (χ0n) is 13.0. The second kappa shape index (κ2) is 5.58. The van der Waals surface area contributed by atoms with Crippen LogP contribution in [0.4, 0.5) is 0 Å². The molecule has 0 radical (unpaired) electrons. The molecule has 4 aliphatic carbocycles. The van der Waals surface area contributed by atoms with Crippen molar-refractivity contribution in [3.63, 3.8) is 0 Å². The standard InChI is InChI=1S/C18H12O8/c19-13-11-5-1-9(2-6-11)10-3-7-12(8-4-10)14(20)18(26,16(23)24)17(13,25)15(21)22/h1-8,25-26H,(H,21,22)(H,23,24). The lowest BCUT2D eigenvalue weighted by atomic mass is 9.72. The third kappa shape index (κ3) is 2.10. The lowest BCUT2D eigenvalue weighted by Gasteiger charge is -2.34. The molecule has 4 N–H and O–H groups in total. The number of carbonyl (C=O) groups is 4. The Morgan fingerprint density at radius 2 is 0.808 bits per heavy atom. The topological polar surface area (TPSA) is 149 Å². The molecular weight excluding hydrogens is 344 g/mol. The van der Waals surface area contributed by atoms with Crippen LogP contribution in [0.1, 0.15) is 20.7 Å². The normalized spacial score (nSPS) is 24.8. The molecule has 0 amide bonds. The zero-order valence-corrected chi connectivity index (χ0v) is 13.0. The highest BCUT2D eigenvalue weighted by molar-refractivity contribution is 6.28. The van der Waals surface area contributed by atoms with Gasteiger partial charge in [0.1, 0.15) is 0 Å². The van der Waals surface area contributed by atoms with Crippen molar-refractivity contribution < 1.29 is 39.6 Å². The number of carboxylic acid groups (broad SMARTS) is 2. The molecule has 2 aromatic carbocycles. The summed E-state index contributed by atoms with van der Waals surface area (Å²) in [5.41, 5.74) is -7.32. The Kier molecular flexibility index (Phi) is 3.75. The first-order chi connectivity index (χ1) is 12.1. The highest BCUT2D eigenvalue weighted by Crippen LogP contribution is 2.33. The van der Waals surface area contributed by atoms with E-state index in [1.165, 1.54) is 48.5 Å². The molecule has 4 aliphatic rings. The molecule has 26 heavy (non-hydrogen) atoms. The van der Waals surface area contributed by atoms with Crippen molar-refractivity contribution in [1.29, 1.82) is 0 Å². The van der Waals surface area contributed by atoms with Crippen molar-refractivity contribution in [2.45, 2.75) is 11.2 Å². The number of hydrogen-bond donors (Lipinski definition) is 4. The Hall–Kier alpha value is -3.36. The Balaban J connectivity index is 2.44. The number of carbonyl (C=O) groups excluding carboxylic acids is 2. The van der Waals surface area contributed by atoms with Crippen LogP contribution in [0.5, 0.6) is 0 Å². The quantitative estimate of drug-likeness (QED) is 0.564. The summed E-state index contributed by atoms with van der Waals surface area (Å²) in [6.07, 6.45) is 0. The summed E-state index contributed by atoms with van der Waals surface area (Å²) in [6, 6.07) is 10.6. The van der Waals surface area contributed by atoms with Gasteiger partial charge >= 0.3 is 11.9 Å². The van der Waals surface area contributed by atoms with Crippen molar-refractivity contribution in [1.82, 2.24) is 0 Å². The Morgan fingerprint density at radius 1 is 0.577 bits per heavy atom.